The number of aliphatic hydroxyl groups is 1. The molecule has 1 aromatic carbocycles. The standard InChI is InChI=1S/C15H24N2O/c1-12-4-3-5-15(8-12)17-10-13(2)9-16-14(11-17)6-7-18/h3-5,8,13-14,16,18H,6-7,9-11H2,1-2H3. The molecule has 2 unspecified atom stereocenters. The zero-order chi connectivity index (χ0) is 13.0. The van der Waals surface area contributed by atoms with Crippen LogP contribution in [0, 0.1) is 12.8 Å². The lowest BCUT2D eigenvalue weighted by molar-refractivity contribution is 0.266. The molecule has 1 fully saturated rings. The highest BCUT2D eigenvalue weighted by Crippen LogP contribution is 2.20. The average molecular weight is 248 g/mol. The van der Waals surface area contributed by atoms with Crippen molar-refractivity contribution in [1.82, 2.24) is 5.32 Å². The van der Waals surface area contributed by atoms with E-state index in [1.165, 1.54) is 11.3 Å². The molecular weight excluding hydrogens is 224 g/mol. The van der Waals surface area contributed by atoms with E-state index in [9.17, 15) is 0 Å². The molecule has 2 rings (SSSR count). The van der Waals surface area contributed by atoms with Crippen LogP contribution in [0.3, 0.4) is 0 Å². The van der Waals surface area contributed by atoms with Crippen LogP contribution in [0.15, 0.2) is 24.3 Å². The van der Waals surface area contributed by atoms with Crippen LogP contribution in [0.2, 0.25) is 0 Å². The summed E-state index contributed by atoms with van der Waals surface area (Å²) in [5.41, 5.74) is 2.60. The fraction of sp³-hybridized carbons (Fsp3) is 0.600. The SMILES string of the molecule is Cc1cccc(N2CC(C)CNC(CCO)C2)c1. The molecule has 0 saturated carbocycles. The maximum Gasteiger partial charge on any atom is 0.0446 e. The van der Waals surface area contributed by atoms with Crippen LogP contribution in [-0.2, 0) is 0 Å². The van der Waals surface area contributed by atoms with E-state index in [-0.39, 0.29) is 6.61 Å². The second-order valence-electron chi connectivity index (χ2n) is 5.47. The smallest absolute Gasteiger partial charge is 0.0446 e. The summed E-state index contributed by atoms with van der Waals surface area (Å²) in [4.78, 5) is 2.44. The van der Waals surface area contributed by atoms with Crippen molar-refractivity contribution in [2.75, 3.05) is 31.1 Å². The van der Waals surface area contributed by atoms with E-state index < -0.39 is 0 Å². The van der Waals surface area contributed by atoms with Crippen LogP contribution in [0.4, 0.5) is 5.69 Å². The highest BCUT2D eigenvalue weighted by Gasteiger charge is 2.21. The van der Waals surface area contributed by atoms with Gasteiger partial charge in [0.1, 0.15) is 0 Å². The fourth-order valence-electron chi connectivity index (χ4n) is 2.60. The van der Waals surface area contributed by atoms with Gasteiger partial charge >= 0.3 is 0 Å². The molecule has 0 aromatic heterocycles. The van der Waals surface area contributed by atoms with Crippen LogP contribution in [-0.4, -0.2) is 37.4 Å². The first-order valence-electron chi connectivity index (χ1n) is 6.85. The number of aryl methyl sites for hydroxylation is 1. The Kier molecular flexibility index (Phi) is 4.61. The van der Waals surface area contributed by atoms with E-state index in [1.807, 2.05) is 0 Å². The number of nitrogens with zero attached hydrogens (tertiary/aromatic N) is 1. The Morgan fingerprint density at radius 1 is 1.39 bits per heavy atom. The van der Waals surface area contributed by atoms with Crippen LogP contribution >= 0.6 is 0 Å². The minimum Gasteiger partial charge on any atom is -0.396 e. The maximum absolute atomic E-state index is 9.12. The zero-order valence-corrected chi connectivity index (χ0v) is 11.4. The molecule has 1 aliphatic rings. The van der Waals surface area contributed by atoms with Crippen molar-refractivity contribution in [2.45, 2.75) is 26.3 Å². The van der Waals surface area contributed by atoms with Crippen LogP contribution < -0.4 is 10.2 Å². The number of rotatable bonds is 3. The van der Waals surface area contributed by atoms with Gasteiger partial charge in [-0.3, -0.25) is 0 Å². The van der Waals surface area contributed by atoms with Gasteiger partial charge in [-0.2, -0.15) is 0 Å². The molecule has 0 radical (unpaired) electrons. The van der Waals surface area contributed by atoms with Gasteiger partial charge in [-0.05, 0) is 43.5 Å². The van der Waals surface area contributed by atoms with Gasteiger partial charge < -0.3 is 15.3 Å². The van der Waals surface area contributed by atoms with Gasteiger partial charge in [0.15, 0.2) is 0 Å². The number of benzene rings is 1. The van der Waals surface area contributed by atoms with E-state index in [0.29, 0.717) is 12.0 Å². The third kappa shape index (κ3) is 3.47. The summed E-state index contributed by atoms with van der Waals surface area (Å²) in [6, 6.07) is 9.07. The quantitative estimate of drug-likeness (QED) is 0.856. The fourth-order valence-corrected chi connectivity index (χ4v) is 2.60. The number of aliphatic hydroxyl groups excluding tert-OH is 1. The molecule has 2 N–H and O–H groups in total. The number of nitrogens with one attached hydrogen (secondary N) is 1. The number of anilines is 1. The minimum absolute atomic E-state index is 0.258. The summed E-state index contributed by atoms with van der Waals surface area (Å²) in [6.45, 7) is 7.76. The average Bonchev–Trinajstić information content (AvgIpc) is 2.52. The molecule has 3 heteroatoms. The van der Waals surface area contributed by atoms with Gasteiger partial charge in [0.2, 0.25) is 0 Å². The molecule has 0 bridgehead atoms. The summed E-state index contributed by atoms with van der Waals surface area (Å²) in [7, 11) is 0. The topological polar surface area (TPSA) is 35.5 Å². The number of hydrogen-bond acceptors (Lipinski definition) is 3. The molecule has 2 atom stereocenters. The minimum atomic E-state index is 0.258. The van der Waals surface area contributed by atoms with E-state index in [0.717, 1.165) is 26.1 Å². The van der Waals surface area contributed by atoms with E-state index >= 15 is 0 Å². The molecule has 1 aliphatic heterocycles. The Labute approximate surface area is 110 Å². The molecule has 100 valence electrons. The normalized spacial score (nSPS) is 24.9. The van der Waals surface area contributed by atoms with Crippen molar-refractivity contribution in [1.29, 1.82) is 0 Å². The van der Waals surface area contributed by atoms with Crippen molar-refractivity contribution in [3.63, 3.8) is 0 Å². The largest absolute Gasteiger partial charge is 0.396 e. The zero-order valence-electron chi connectivity index (χ0n) is 11.4. The van der Waals surface area contributed by atoms with Crippen LogP contribution in [0.5, 0.6) is 0 Å². The summed E-state index contributed by atoms with van der Waals surface area (Å²) in [5, 5.41) is 12.7. The Balaban J connectivity index is 2.13. The Morgan fingerprint density at radius 2 is 2.22 bits per heavy atom. The lowest BCUT2D eigenvalue weighted by atomic mass is 10.1. The first kappa shape index (κ1) is 13.4. The van der Waals surface area contributed by atoms with E-state index in [2.05, 4.69) is 48.3 Å². The molecule has 18 heavy (non-hydrogen) atoms. The van der Waals surface area contributed by atoms with Crippen molar-refractivity contribution in [2.24, 2.45) is 5.92 Å². The lowest BCUT2D eigenvalue weighted by Crippen LogP contribution is -2.38. The first-order valence-corrected chi connectivity index (χ1v) is 6.85. The summed E-state index contributed by atoms with van der Waals surface area (Å²) in [5.74, 6) is 0.634. The van der Waals surface area contributed by atoms with E-state index in [1.54, 1.807) is 0 Å². The molecule has 1 saturated heterocycles. The second kappa shape index (κ2) is 6.21. The van der Waals surface area contributed by atoms with Gasteiger partial charge in [-0.25, -0.2) is 0 Å². The van der Waals surface area contributed by atoms with Crippen molar-refractivity contribution < 1.29 is 5.11 Å². The Hall–Kier alpha value is -1.06. The maximum atomic E-state index is 9.12. The molecule has 1 aromatic rings. The molecule has 3 nitrogen and oxygen atoms in total. The van der Waals surface area contributed by atoms with E-state index in [4.69, 9.17) is 5.11 Å². The molecule has 1 heterocycles. The van der Waals surface area contributed by atoms with Gasteiger partial charge in [-0.1, -0.05) is 19.1 Å². The second-order valence-corrected chi connectivity index (χ2v) is 5.47. The van der Waals surface area contributed by atoms with Crippen LogP contribution in [0.1, 0.15) is 18.9 Å². The van der Waals surface area contributed by atoms with Gasteiger partial charge in [0.05, 0.1) is 0 Å². The van der Waals surface area contributed by atoms with Crippen molar-refractivity contribution >= 4 is 5.69 Å². The summed E-state index contributed by atoms with van der Waals surface area (Å²) < 4.78 is 0. The Morgan fingerprint density at radius 3 is 2.94 bits per heavy atom. The molecule has 0 aliphatic carbocycles. The monoisotopic (exact) mass is 248 g/mol. The lowest BCUT2D eigenvalue weighted by Gasteiger charge is -2.27. The first-order chi connectivity index (χ1) is 8.69. The van der Waals surface area contributed by atoms with Gasteiger partial charge in [0.25, 0.3) is 0 Å². The predicted octanol–water partition coefficient (Wildman–Crippen LogP) is 1.79. The Bertz CT molecular complexity index is 381. The van der Waals surface area contributed by atoms with Crippen molar-refractivity contribution in [3.05, 3.63) is 29.8 Å². The third-order valence-corrected chi connectivity index (χ3v) is 3.57. The highest BCUT2D eigenvalue weighted by molar-refractivity contribution is 5.48. The third-order valence-electron chi connectivity index (χ3n) is 3.57. The van der Waals surface area contributed by atoms with Gasteiger partial charge in [-0.15, -0.1) is 0 Å². The number of hydrogen-bond donors (Lipinski definition) is 2. The van der Waals surface area contributed by atoms with Crippen LogP contribution in [0.25, 0.3) is 0 Å². The summed E-state index contributed by atoms with van der Waals surface area (Å²) in [6.07, 6.45) is 0.828. The van der Waals surface area contributed by atoms with Crippen molar-refractivity contribution in [3.8, 4) is 0 Å². The molecular formula is C15H24N2O. The predicted molar refractivity (Wildman–Crippen MR) is 76.0 cm³/mol. The summed E-state index contributed by atoms with van der Waals surface area (Å²) >= 11 is 0. The highest BCUT2D eigenvalue weighted by atomic mass is 16.3. The molecule has 0 amide bonds. The molecule has 0 spiro atoms. The van der Waals surface area contributed by atoms with Gasteiger partial charge in [0, 0.05) is 31.4 Å².